The maximum atomic E-state index is 6.42. The van der Waals surface area contributed by atoms with E-state index in [0.29, 0.717) is 0 Å². The maximum absolute atomic E-state index is 6.42. The molecular formula is C13H12Cl3NPt. The van der Waals surface area contributed by atoms with Crippen LogP contribution in [0, 0.1) is 0 Å². The van der Waals surface area contributed by atoms with Crippen molar-refractivity contribution in [2.75, 3.05) is 0 Å². The second-order valence-corrected chi connectivity index (χ2v) is 7.78. The fourth-order valence-electron chi connectivity index (χ4n) is 2.31. The van der Waals surface area contributed by atoms with Gasteiger partial charge in [0, 0.05) is 11.1 Å². The van der Waals surface area contributed by atoms with Crippen molar-refractivity contribution in [3.8, 4) is 0 Å². The van der Waals surface area contributed by atoms with E-state index in [4.69, 9.17) is 35.4 Å². The van der Waals surface area contributed by atoms with Crippen LogP contribution in [0.1, 0.15) is 24.1 Å². The first-order valence-corrected chi connectivity index (χ1v) is 11.7. The summed E-state index contributed by atoms with van der Waals surface area (Å²) in [5.74, 6) is 0. The summed E-state index contributed by atoms with van der Waals surface area (Å²) in [6, 6.07) is 8.13. The minimum atomic E-state index is -0.472. The summed E-state index contributed by atoms with van der Waals surface area (Å²) in [6.07, 6.45) is 4.66. The predicted molar refractivity (Wildman–Crippen MR) is 75.1 cm³/mol. The van der Waals surface area contributed by atoms with Crippen LogP contribution < -0.4 is 0 Å². The Balaban J connectivity index is 0.000000367. The van der Waals surface area contributed by atoms with Gasteiger partial charge >= 0.3 is 35.3 Å². The zero-order valence-electron chi connectivity index (χ0n) is 9.54. The number of nitrogens with zero attached hydrogens (tertiary/aromatic N) is 1. The van der Waals surface area contributed by atoms with Crippen molar-refractivity contribution in [3.05, 3.63) is 40.5 Å². The molecule has 0 saturated carbocycles. The van der Waals surface area contributed by atoms with Gasteiger partial charge in [-0.3, -0.25) is 4.98 Å². The van der Waals surface area contributed by atoms with Crippen molar-refractivity contribution in [1.29, 1.82) is 0 Å². The molecule has 0 N–H and O–H groups in total. The molecule has 0 spiro atoms. The molecule has 0 atom stereocenters. The number of hydrogen-bond acceptors (Lipinski definition) is 1. The molecule has 0 unspecified atom stereocenters. The number of para-hydroxylation sites is 1. The number of rotatable bonds is 0. The topological polar surface area (TPSA) is 12.9 Å². The number of aromatic nitrogens is 1. The summed E-state index contributed by atoms with van der Waals surface area (Å²) in [6.45, 7) is 0. The molecule has 0 saturated heterocycles. The van der Waals surface area contributed by atoms with Gasteiger partial charge in [-0.15, -0.1) is 0 Å². The van der Waals surface area contributed by atoms with Crippen molar-refractivity contribution < 1.29 is 16.5 Å². The van der Waals surface area contributed by atoms with E-state index < -0.39 is 16.5 Å². The first-order chi connectivity index (χ1) is 8.77. The van der Waals surface area contributed by atoms with Gasteiger partial charge < -0.3 is 0 Å². The standard InChI is InChI=1S/C13H12ClN.2ClH.Pt/c14-13-9-5-1-3-7-11(9)15-12-8-4-2-6-10(12)13;;;/h1,3,5,7H,2,4,6,8H2;2*1H;/q;;;+2/p-2. The van der Waals surface area contributed by atoms with Crippen molar-refractivity contribution in [2.45, 2.75) is 25.7 Å². The Labute approximate surface area is 128 Å². The van der Waals surface area contributed by atoms with E-state index in [2.05, 4.69) is 6.07 Å². The van der Waals surface area contributed by atoms with E-state index in [1.165, 1.54) is 24.1 Å². The Morgan fingerprint density at radius 2 is 1.72 bits per heavy atom. The van der Waals surface area contributed by atoms with Crippen LogP contribution >= 0.6 is 30.4 Å². The average molecular weight is 484 g/mol. The fraction of sp³-hybridized carbons (Fsp3) is 0.308. The fourth-order valence-corrected chi connectivity index (χ4v) is 2.68. The zero-order valence-corrected chi connectivity index (χ0v) is 14.1. The summed E-state index contributed by atoms with van der Waals surface area (Å²) in [7, 11) is 9.75. The van der Waals surface area contributed by atoms with E-state index in [0.717, 1.165) is 28.8 Å². The molecule has 0 bridgehead atoms. The normalized spacial score (nSPS) is 13.9. The number of pyridine rings is 1. The number of halogens is 3. The van der Waals surface area contributed by atoms with E-state index in [-0.39, 0.29) is 0 Å². The van der Waals surface area contributed by atoms with Gasteiger partial charge in [0.15, 0.2) is 0 Å². The van der Waals surface area contributed by atoms with Crippen molar-refractivity contribution in [1.82, 2.24) is 4.98 Å². The Hall–Kier alpha value is 0.188. The molecule has 1 aliphatic rings. The second kappa shape index (κ2) is 7.10. The molecule has 1 aliphatic carbocycles. The van der Waals surface area contributed by atoms with Gasteiger partial charge in [-0.1, -0.05) is 29.8 Å². The van der Waals surface area contributed by atoms with Crippen LogP contribution in [0.2, 0.25) is 5.02 Å². The minimum absolute atomic E-state index is 0.472. The number of benzene rings is 1. The van der Waals surface area contributed by atoms with Crippen LogP contribution in [0.3, 0.4) is 0 Å². The zero-order chi connectivity index (χ0) is 13.0. The van der Waals surface area contributed by atoms with Gasteiger partial charge in [-0.2, -0.15) is 0 Å². The molecule has 1 nitrogen and oxygen atoms in total. The first-order valence-electron chi connectivity index (χ1n) is 5.66. The van der Waals surface area contributed by atoms with E-state index in [1.54, 1.807) is 0 Å². The molecule has 18 heavy (non-hydrogen) atoms. The van der Waals surface area contributed by atoms with Gasteiger partial charge in [0.1, 0.15) is 0 Å². The third kappa shape index (κ3) is 3.19. The summed E-state index contributed by atoms with van der Waals surface area (Å²) in [5.41, 5.74) is 3.52. The second-order valence-electron chi connectivity index (χ2n) is 4.12. The molecule has 1 aromatic carbocycles. The van der Waals surface area contributed by atoms with Crippen LogP contribution in [0.4, 0.5) is 0 Å². The first kappa shape index (κ1) is 14.6. The van der Waals surface area contributed by atoms with Gasteiger partial charge in [0.2, 0.25) is 0 Å². The summed E-state index contributed by atoms with van der Waals surface area (Å²) < 4.78 is 0. The van der Waals surface area contributed by atoms with Crippen molar-refractivity contribution in [2.24, 2.45) is 0 Å². The van der Waals surface area contributed by atoms with Gasteiger partial charge in [-0.05, 0) is 37.3 Å². The summed E-state index contributed by atoms with van der Waals surface area (Å²) in [4.78, 5) is 4.69. The number of aryl methyl sites for hydroxylation is 1. The third-order valence-corrected chi connectivity index (χ3v) is 3.53. The van der Waals surface area contributed by atoms with Crippen LogP contribution in [0.25, 0.3) is 10.9 Å². The Morgan fingerprint density at radius 3 is 2.50 bits per heavy atom. The predicted octanol–water partition coefficient (Wildman–Crippen LogP) is 5.14. The molecule has 0 aliphatic heterocycles. The summed E-state index contributed by atoms with van der Waals surface area (Å²) >= 11 is 5.95. The van der Waals surface area contributed by atoms with Crippen LogP contribution in [-0.2, 0) is 29.3 Å². The number of hydrogen-bond donors (Lipinski definition) is 0. The van der Waals surface area contributed by atoms with Gasteiger partial charge in [0.25, 0.3) is 0 Å². The van der Waals surface area contributed by atoms with E-state index in [1.807, 2.05) is 18.2 Å². The van der Waals surface area contributed by atoms with Crippen molar-refractivity contribution in [3.63, 3.8) is 0 Å². The molecule has 1 aromatic heterocycles. The third-order valence-electron chi connectivity index (χ3n) is 3.10. The van der Waals surface area contributed by atoms with E-state index >= 15 is 0 Å². The molecule has 0 radical (unpaired) electrons. The molecule has 1 heterocycles. The molecule has 0 fully saturated rings. The van der Waals surface area contributed by atoms with Gasteiger partial charge in [0.05, 0.1) is 10.5 Å². The van der Waals surface area contributed by atoms with Crippen LogP contribution in [0.15, 0.2) is 24.3 Å². The Morgan fingerprint density at radius 1 is 1.06 bits per heavy atom. The molecule has 2 aromatic rings. The molecule has 100 valence electrons. The summed E-state index contributed by atoms with van der Waals surface area (Å²) in [5, 5.41) is 2.02. The quantitative estimate of drug-likeness (QED) is 0.505. The van der Waals surface area contributed by atoms with E-state index in [9.17, 15) is 0 Å². The average Bonchev–Trinajstić information content (AvgIpc) is 2.40. The molecule has 3 rings (SSSR count). The van der Waals surface area contributed by atoms with Crippen LogP contribution in [0.5, 0.6) is 0 Å². The Bertz CT molecular complexity index is 545. The van der Waals surface area contributed by atoms with Crippen LogP contribution in [-0.4, -0.2) is 4.98 Å². The molecular weight excluding hydrogens is 472 g/mol. The SMILES string of the molecule is Clc1c2c(nc3ccccc13)CCCC2.[Cl][Pt][Cl]. The number of fused-ring (bicyclic) bond motifs is 2. The monoisotopic (exact) mass is 482 g/mol. The van der Waals surface area contributed by atoms with Gasteiger partial charge in [-0.25, -0.2) is 0 Å². The van der Waals surface area contributed by atoms with Crippen molar-refractivity contribution >= 4 is 41.3 Å². The Kier molecular flexibility index (Phi) is 5.76. The molecule has 5 heteroatoms. The molecule has 0 amide bonds.